The minimum atomic E-state index is -0.224. The van der Waals surface area contributed by atoms with Gasteiger partial charge in [0, 0.05) is 37.2 Å². The zero-order valence-corrected chi connectivity index (χ0v) is 11.8. The van der Waals surface area contributed by atoms with Gasteiger partial charge in [0.1, 0.15) is 5.82 Å². The lowest BCUT2D eigenvalue weighted by Gasteiger charge is -2.35. The molecule has 4 heteroatoms. The summed E-state index contributed by atoms with van der Waals surface area (Å²) in [5.41, 5.74) is 0.894. The molecule has 0 amide bonds. The maximum Gasteiger partial charge on any atom is 0.123 e. The number of nitrogens with zero attached hydrogens (tertiary/aromatic N) is 1. The molecule has 1 N–H and O–H groups in total. The van der Waals surface area contributed by atoms with E-state index < -0.39 is 0 Å². The average molecular weight is 283 g/mol. The molecule has 1 aromatic carbocycles. The molecule has 0 spiro atoms. The third kappa shape index (κ3) is 3.78. The van der Waals surface area contributed by atoms with E-state index in [1.165, 1.54) is 6.07 Å². The molecule has 0 saturated carbocycles. The lowest BCUT2D eigenvalue weighted by atomic mass is 9.99. The highest BCUT2D eigenvalue weighted by Gasteiger charge is 2.23. The first-order chi connectivity index (χ1) is 9.22. The Morgan fingerprint density at radius 2 is 2.16 bits per heavy atom. The minimum Gasteiger partial charge on any atom is -0.314 e. The molecule has 0 unspecified atom stereocenters. The molecule has 1 aliphatic heterocycles. The van der Waals surface area contributed by atoms with E-state index in [4.69, 9.17) is 11.6 Å². The predicted octanol–water partition coefficient (Wildman–Crippen LogP) is 3.39. The van der Waals surface area contributed by atoms with Gasteiger partial charge in [0.05, 0.1) is 0 Å². The van der Waals surface area contributed by atoms with Crippen LogP contribution in [0.4, 0.5) is 4.39 Å². The van der Waals surface area contributed by atoms with E-state index in [0.29, 0.717) is 5.02 Å². The number of benzene rings is 1. The first-order valence-electron chi connectivity index (χ1n) is 6.73. The third-order valence-electron chi connectivity index (χ3n) is 3.55. The molecule has 1 saturated heterocycles. The third-order valence-corrected chi connectivity index (χ3v) is 3.90. The van der Waals surface area contributed by atoms with Crippen molar-refractivity contribution in [3.05, 3.63) is 47.3 Å². The Balaban J connectivity index is 2.24. The lowest BCUT2D eigenvalue weighted by Crippen LogP contribution is -2.45. The molecule has 1 atom stereocenters. The fraction of sp³-hybridized carbons (Fsp3) is 0.467. The van der Waals surface area contributed by atoms with Crippen molar-refractivity contribution in [1.82, 2.24) is 10.2 Å². The lowest BCUT2D eigenvalue weighted by molar-refractivity contribution is 0.166. The van der Waals surface area contributed by atoms with E-state index in [-0.39, 0.29) is 11.9 Å². The van der Waals surface area contributed by atoms with Crippen LogP contribution in [0.1, 0.15) is 24.4 Å². The number of halogens is 2. The van der Waals surface area contributed by atoms with Gasteiger partial charge in [-0.2, -0.15) is 0 Å². The number of piperazine rings is 1. The van der Waals surface area contributed by atoms with Crippen molar-refractivity contribution in [2.24, 2.45) is 0 Å². The van der Waals surface area contributed by atoms with Crippen LogP contribution in [0, 0.1) is 5.82 Å². The Bertz CT molecular complexity index is 430. The fourth-order valence-electron chi connectivity index (χ4n) is 2.57. The quantitative estimate of drug-likeness (QED) is 0.833. The summed E-state index contributed by atoms with van der Waals surface area (Å²) in [6, 6.07) is 4.80. The van der Waals surface area contributed by atoms with E-state index in [1.54, 1.807) is 12.1 Å². The Hall–Kier alpha value is -0.900. The highest BCUT2D eigenvalue weighted by atomic mass is 35.5. The van der Waals surface area contributed by atoms with Crippen LogP contribution in [0.15, 0.2) is 30.9 Å². The average Bonchev–Trinajstić information content (AvgIpc) is 2.44. The Morgan fingerprint density at radius 1 is 1.42 bits per heavy atom. The van der Waals surface area contributed by atoms with E-state index in [9.17, 15) is 4.39 Å². The maximum atomic E-state index is 13.5. The fourth-order valence-corrected chi connectivity index (χ4v) is 2.82. The largest absolute Gasteiger partial charge is 0.314 e. The predicted molar refractivity (Wildman–Crippen MR) is 78.0 cm³/mol. The number of rotatable bonds is 5. The van der Waals surface area contributed by atoms with Crippen molar-refractivity contribution in [2.75, 3.05) is 26.2 Å². The Kier molecular flexibility index (Phi) is 5.37. The number of hydrogen-bond donors (Lipinski definition) is 1. The first kappa shape index (κ1) is 14.5. The molecular formula is C15H20ClFN2. The van der Waals surface area contributed by atoms with Crippen molar-refractivity contribution in [3.8, 4) is 0 Å². The topological polar surface area (TPSA) is 15.3 Å². The van der Waals surface area contributed by atoms with Crippen LogP contribution in [-0.2, 0) is 0 Å². The van der Waals surface area contributed by atoms with Crippen molar-refractivity contribution >= 4 is 11.6 Å². The molecule has 1 fully saturated rings. The molecule has 0 aromatic heterocycles. The van der Waals surface area contributed by atoms with Gasteiger partial charge < -0.3 is 5.32 Å². The van der Waals surface area contributed by atoms with Gasteiger partial charge in [0.15, 0.2) is 0 Å². The normalized spacial score (nSPS) is 18.2. The molecule has 1 aromatic rings. The van der Waals surface area contributed by atoms with Gasteiger partial charge in [0.25, 0.3) is 0 Å². The molecule has 19 heavy (non-hydrogen) atoms. The number of hydrogen-bond acceptors (Lipinski definition) is 2. The van der Waals surface area contributed by atoms with E-state index in [2.05, 4.69) is 16.8 Å². The summed E-state index contributed by atoms with van der Waals surface area (Å²) >= 11 is 6.25. The standard InChI is InChI=1S/C15H20ClFN2/c1-2-3-4-15(19-9-7-18-8-10-19)13-11-12(17)5-6-14(13)16/h2,5-6,11,15,18H,1,3-4,7-10H2/t15-/m0/s1. The van der Waals surface area contributed by atoms with Crippen LogP contribution in [0.25, 0.3) is 0 Å². The molecule has 1 heterocycles. The summed E-state index contributed by atoms with van der Waals surface area (Å²) in [7, 11) is 0. The molecule has 0 aliphatic carbocycles. The molecule has 0 radical (unpaired) electrons. The molecule has 104 valence electrons. The molecule has 2 nitrogen and oxygen atoms in total. The van der Waals surface area contributed by atoms with Gasteiger partial charge in [-0.05, 0) is 36.6 Å². The van der Waals surface area contributed by atoms with Crippen LogP contribution in [0.5, 0.6) is 0 Å². The smallest absolute Gasteiger partial charge is 0.123 e. The van der Waals surface area contributed by atoms with Gasteiger partial charge >= 0.3 is 0 Å². The Labute approximate surface area is 119 Å². The SMILES string of the molecule is C=CCC[C@@H](c1cc(F)ccc1Cl)N1CCNCC1. The van der Waals surface area contributed by atoms with E-state index in [0.717, 1.165) is 44.6 Å². The second-order valence-corrected chi connectivity index (χ2v) is 5.24. The van der Waals surface area contributed by atoms with Crippen LogP contribution in [0.3, 0.4) is 0 Å². The van der Waals surface area contributed by atoms with Crippen molar-refractivity contribution < 1.29 is 4.39 Å². The second kappa shape index (κ2) is 7.04. The van der Waals surface area contributed by atoms with Crippen LogP contribution in [-0.4, -0.2) is 31.1 Å². The van der Waals surface area contributed by atoms with Crippen LogP contribution < -0.4 is 5.32 Å². The monoisotopic (exact) mass is 282 g/mol. The number of allylic oxidation sites excluding steroid dienone is 1. The summed E-state index contributed by atoms with van der Waals surface area (Å²) in [6.07, 6.45) is 3.73. The van der Waals surface area contributed by atoms with Gasteiger partial charge in [0.2, 0.25) is 0 Å². The van der Waals surface area contributed by atoms with Gasteiger partial charge in [-0.3, -0.25) is 4.90 Å². The van der Waals surface area contributed by atoms with Gasteiger partial charge in [-0.1, -0.05) is 17.7 Å². The van der Waals surface area contributed by atoms with Crippen LogP contribution >= 0.6 is 11.6 Å². The van der Waals surface area contributed by atoms with E-state index >= 15 is 0 Å². The molecule has 2 rings (SSSR count). The zero-order chi connectivity index (χ0) is 13.7. The van der Waals surface area contributed by atoms with Gasteiger partial charge in [-0.25, -0.2) is 4.39 Å². The Morgan fingerprint density at radius 3 is 2.84 bits per heavy atom. The molecule has 0 bridgehead atoms. The number of nitrogens with one attached hydrogen (secondary N) is 1. The zero-order valence-electron chi connectivity index (χ0n) is 11.0. The first-order valence-corrected chi connectivity index (χ1v) is 7.11. The maximum absolute atomic E-state index is 13.5. The summed E-state index contributed by atoms with van der Waals surface area (Å²) in [5, 5.41) is 3.98. The van der Waals surface area contributed by atoms with Crippen molar-refractivity contribution in [3.63, 3.8) is 0 Å². The van der Waals surface area contributed by atoms with Crippen LogP contribution in [0.2, 0.25) is 5.02 Å². The summed E-state index contributed by atoms with van der Waals surface area (Å²) in [5.74, 6) is -0.224. The van der Waals surface area contributed by atoms with Gasteiger partial charge in [-0.15, -0.1) is 6.58 Å². The highest BCUT2D eigenvalue weighted by molar-refractivity contribution is 6.31. The highest BCUT2D eigenvalue weighted by Crippen LogP contribution is 2.32. The summed E-state index contributed by atoms with van der Waals surface area (Å²) in [4.78, 5) is 2.38. The second-order valence-electron chi connectivity index (χ2n) is 4.83. The molecule has 1 aliphatic rings. The minimum absolute atomic E-state index is 0.170. The summed E-state index contributed by atoms with van der Waals surface area (Å²) < 4.78 is 13.5. The van der Waals surface area contributed by atoms with Crippen molar-refractivity contribution in [2.45, 2.75) is 18.9 Å². The van der Waals surface area contributed by atoms with E-state index in [1.807, 2.05) is 6.08 Å². The molecular weight excluding hydrogens is 263 g/mol. The van der Waals surface area contributed by atoms with Crippen molar-refractivity contribution in [1.29, 1.82) is 0 Å². The summed E-state index contributed by atoms with van der Waals surface area (Å²) in [6.45, 7) is 7.65.